The molecule has 0 saturated heterocycles. The lowest BCUT2D eigenvalue weighted by molar-refractivity contribution is -0.120. The molecule has 1 amide bonds. The predicted molar refractivity (Wildman–Crippen MR) is 129 cm³/mol. The molecule has 0 aromatic carbocycles. The van der Waals surface area contributed by atoms with E-state index in [1.54, 1.807) is 29.3 Å². The zero-order valence-electron chi connectivity index (χ0n) is 18.5. The molecule has 4 aromatic heterocycles. The molecule has 0 radical (unpaired) electrons. The van der Waals surface area contributed by atoms with E-state index in [-0.39, 0.29) is 17.1 Å². The van der Waals surface area contributed by atoms with Crippen LogP contribution in [0.3, 0.4) is 0 Å². The van der Waals surface area contributed by atoms with Gasteiger partial charge in [-0.15, -0.1) is 11.3 Å². The molecule has 3 N–H and O–H groups in total. The van der Waals surface area contributed by atoms with Crippen LogP contribution in [0, 0.1) is 13.8 Å². The maximum Gasteiger partial charge on any atom is 0.234 e. The number of hydrogen-bond donors (Lipinski definition) is 2. The molecule has 0 aliphatic carbocycles. The number of aromatic nitrogens is 5. The van der Waals surface area contributed by atoms with E-state index in [0.29, 0.717) is 30.2 Å². The summed E-state index contributed by atoms with van der Waals surface area (Å²) in [6.45, 7) is 4.87. The van der Waals surface area contributed by atoms with Gasteiger partial charge in [-0.25, -0.2) is 9.67 Å². The van der Waals surface area contributed by atoms with Crippen LogP contribution in [-0.2, 0) is 24.3 Å². The summed E-state index contributed by atoms with van der Waals surface area (Å²) in [5.41, 5.74) is 10.2. The minimum Gasteiger partial charge on any atom is -0.496 e. The van der Waals surface area contributed by atoms with Crippen LogP contribution in [0.1, 0.15) is 27.4 Å². The lowest BCUT2D eigenvalue weighted by Crippen LogP contribution is -2.34. The summed E-state index contributed by atoms with van der Waals surface area (Å²) < 4.78 is 7.34. The van der Waals surface area contributed by atoms with E-state index in [1.807, 2.05) is 31.4 Å². The number of aryl methyl sites for hydroxylation is 1. The number of thioether (sulfide) groups is 1. The van der Waals surface area contributed by atoms with Crippen LogP contribution in [0.4, 0.5) is 5.95 Å². The highest BCUT2D eigenvalue weighted by atomic mass is 32.2. The second kappa shape index (κ2) is 8.64. The fourth-order valence-electron chi connectivity index (χ4n) is 4.04. The zero-order chi connectivity index (χ0) is 23.1. The molecule has 1 atom stereocenters. The first-order valence-electron chi connectivity index (χ1n) is 10.4. The van der Waals surface area contributed by atoms with Crippen LogP contribution in [0.15, 0.2) is 28.7 Å². The van der Waals surface area contributed by atoms with Gasteiger partial charge in [-0.2, -0.15) is 10.1 Å². The summed E-state index contributed by atoms with van der Waals surface area (Å²) in [6, 6.07) is 3.98. The molecule has 5 heterocycles. The SMILES string of the molecule is COc1c(C)cnc(Cn2nc3c4c(nc(N)nc42)SC(C(=O)NCc2cccs2)C3)c1C. The van der Waals surface area contributed by atoms with Crippen molar-refractivity contribution < 1.29 is 9.53 Å². The Balaban J connectivity index is 1.45. The van der Waals surface area contributed by atoms with Crippen molar-refractivity contribution in [1.82, 2.24) is 30.0 Å². The number of nitrogens with zero attached hydrogens (tertiary/aromatic N) is 5. The Morgan fingerprint density at radius 1 is 1.36 bits per heavy atom. The second-order valence-electron chi connectivity index (χ2n) is 7.84. The van der Waals surface area contributed by atoms with Crippen molar-refractivity contribution in [2.45, 2.75) is 43.6 Å². The van der Waals surface area contributed by atoms with Gasteiger partial charge in [0.25, 0.3) is 0 Å². The van der Waals surface area contributed by atoms with Gasteiger partial charge in [0, 0.05) is 28.6 Å². The number of hydrogen-bond acceptors (Lipinski definition) is 9. The van der Waals surface area contributed by atoms with E-state index in [0.717, 1.165) is 38.5 Å². The standard InChI is InChI=1S/C22H23N7O2S2/c1-11-8-24-15(12(2)18(11)31-3)10-29-19-17-14(28-29)7-16(33-21(17)27-22(23)26-19)20(30)25-9-13-5-4-6-32-13/h4-6,8,16H,7,9-10H2,1-3H3,(H,25,30)(H2,23,26,27). The molecule has 33 heavy (non-hydrogen) atoms. The number of anilines is 1. The summed E-state index contributed by atoms with van der Waals surface area (Å²) in [6.07, 6.45) is 2.29. The van der Waals surface area contributed by atoms with E-state index in [2.05, 4.69) is 20.3 Å². The Labute approximate surface area is 198 Å². The third kappa shape index (κ3) is 4.02. The number of carbonyl (C=O) groups is 1. The van der Waals surface area contributed by atoms with Gasteiger partial charge in [0.2, 0.25) is 11.9 Å². The molecular weight excluding hydrogens is 458 g/mol. The lowest BCUT2D eigenvalue weighted by atomic mass is 10.1. The third-order valence-corrected chi connectivity index (χ3v) is 7.70. The maximum atomic E-state index is 12.9. The van der Waals surface area contributed by atoms with E-state index in [4.69, 9.17) is 15.6 Å². The molecular formula is C22H23N7O2S2. The van der Waals surface area contributed by atoms with Gasteiger partial charge in [0.05, 0.1) is 42.2 Å². The number of nitrogens with one attached hydrogen (secondary N) is 1. The molecule has 9 nitrogen and oxygen atoms in total. The number of ether oxygens (including phenoxy) is 1. The van der Waals surface area contributed by atoms with Crippen molar-refractivity contribution in [3.05, 3.63) is 51.1 Å². The second-order valence-corrected chi connectivity index (χ2v) is 10.1. The van der Waals surface area contributed by atoms with Gasteiger partial charge in [-0.3, -0.25) is 9.78 Å². The van der Waals surface area contributed by atoms with Gasteiger partial charge in [0.15, 0.2) is 5.65 Å². The first-order chi connectivity index (χ1) is 15.9. The average molecular weight is 482 g/mol. The maximum absolute atomic E-state index is 12.9. The highest BCUT2D eigenvalue weighted by Crippen LogP contribution is 2.38. The smallest absolute Gasteiger partial charge is 0.234 e. The van der Waals surface area contributed by atoms with Gasteiger partial charge in [-0.05, 0) is 25.3 Å². The summed E-state index contributed by atoms with van der Waals surface area (Å²) in [5, 5.41) is 11.0. The molecule has 1 unspecified atom stereocenters. The molecule has 0 bridgehead atoms. The van der Waals surface area contributed by atoms with Crippen molar-refractivity contribution in [2.75, 3.05) is 12.8 Å². The summed E-state index contributed by atoms with van der Waals surface area (Å²) in [5.74, 6) is 0.928. The van der Waals surface area contributed by atoms with Crippen molar-refractivity contribution in [3.8, 4) is 5.75 Å². The number of amides is 1. The van der Waals surface area contributed by atoms with Gasteiger partial charge < -0.3 is 15.8 Å². The van der Waals surface area contributed by atoms with Gasteiger partial charge in [0.1, 0.15) is 10.8 Å². The molecule has 5 rings (SSSR count). The number of rotatable bonds is 6. The van der Waals surface area contributed by atoms with Crippen LogP contribution in [0.25, 0.3) is 11.0 Å². The number of pyridine rings is 1. The van der Waals surface area contributed by atoms with Crippen LogP contribution < -0.4 is 15.8 Å². The molecule has 1 aliphatic rings. The van der Waals surface area contributed by atoms with Crippen molar-refractivity contribution in [1.29, 1.82) is 0 Å². The van der Waals surface area contributed by atoms with Gasteiger partial charge in [-0.1, -0.05) is 17.8 Å². The first-order valence-corrected chi connectivity index (χ1v) is 12.2. The molecule has 1 aliphatic heterocycles. The number of carbonyl (C=O) groups excluding carboxylic acids is 1. The number of methoxy groups -OCH3 is 1. The van der Waals surface area contributed by atoms with Crippen molar-refractivity contribution in [3.63, 3.8) is 0 Å². The number of nitrogen functional groups attached to an aromatic ring is 1. The molecule has 4 aromatic rings. The molecule has 0 spiro atoms. The van der Waals surface area contributed by atoms with Crippen LogP contribution in [0.5, 0.6) is 5.75 Å². The highest BCUT2D eigenvalue weighted by molar-refractivity contribution is 8.00. The minimum absolute atomic E-state index is 0.0419. The Bertz CT molecular complexity index is 1350. The minimum atomic E-state index is -0.336. The number of thiophene rings is 1. The molecule has 0 fully saturated rings. The summed E-state index contributed by atoms with van der Waals surface area (Å²) >= 11 is 3.03. The molecule has 11 heteroatoms. The average Bonchev–Trinajstić information content (AvgIpc) is 3.43. The predicted octanol–water partition coefficient (Wildman–Crippen LogP) is 2.87. The largest absolute Gasteiger partial charge is 0.496 e. The summed E-state index contributed by atoms with van der Waals surface area (Å²) in [7, 11) is 1.66. The molecule has 170 valence electrons. The lowest BCUT2D eigenvalue weighted by Gasteiger charge is -2.19. The normalized spacial score (nSPS) is 15.1. The first kappa shape index (κ1) is 21.7. The Kier molecular flexibility index (Phi) is 5.67. The Morgan fingerprint density at radius 3 is 2.97 bits per heavy atom. The monoisotopic (exact) mass is 481 g/mol. The quantitative estimate of drug-likeness (QED) is 0.403. The van der Waals surface area contributed by atoms with E-state index < -0.39 is 0 Å². The molecule has 0 saturated carbocycles. The highest BCUT2D eigenvalue weighted by Gasteiger charge is 2.32. The number of nitrogens with two attached hydrogens (primary N) is 1. The van der Waals surface area contributed by atoms with E-state index in [1.165, 1.54) is 11.8 Å². The van der Waals surface area contributed by atoms with Crippen molar-refractivity contribution in [2.24, 2.45) is 0 Å². The van der Waals surface area contributed by atoms with Crippen LogP contribution in [0.2, 0.25) is 0 Å². The third-order valence-electron chi connectivity index (χ3n) is 5.64. The fraction of sp³-hybridized carbons (Fsp3) is 0.318. The van der Waals surface area contributed by atoms with E-state index >= 15 is 0 Å². The zero-order valence-corrected chi connectivity index (χ0v) is 20.1. The summed E-state index contributed by atoms with van der Waals surface area (Å²) in [4.78, 5) is 27.5. The van der Waals surface area contributed by atoms with Gasteiger partial charge >= 0.3 is 0 Å². The fourth-order valence-corrected chi connectivity index (χ4v) is 5.86. The topological polar surface area (TPSA) is 121 Å². The Hall–Kier alpha value is -3.18. The van der Waals surface area contributed by atoms with Crippen LogP contribution >= 0.6 is 23.1 Å². The Morgan fingerprint density at radius 2 is 2.21 bits per heavy atom. The van der Waals surface area contributed by atoms with Crippen molar-refractivity contribution >= 4 is 46.0 Å². The van der Waals surface area contributed by atoms with Crippen LogP contribution in [-0.4, -0.2) is 43.0 Å². The van der Waals surface area contributed by atoms with E-state index in [9.17, 15) is 4.79 Å².